The fourth-order valence-electron chi connectivity index (χ4n) is 0.354. The number of hydrogen-bond acceptors (Lipinski definition) is 3. The van der Waals surface area contributed by atoms with Gasteiger partial charge in [-0.25, -0.2) is 0 Å². The molecule has 0 saturated carbocycles. The molecule has 0 aromatic carbocycles. The van der Waals surface area contributed by atoms with Crippen molar-refractivity contribution < 1.29 is 9.53 Å². The highest BCUT2D eigenvalue weighted by Crippen LogP contribution is 1.87. The molecule has 0 heterocycles. The van der Waals surface area contributed by atoms with Crippen LogP contribution in [0.1, 0.15) is 0 Å². The summed E-state index contributed by atoms with van der Waals surface area (Å²) in [6.45, 7) is 3.46. The van der Waals surface area contributed by atoms with Gasteiger partial charge in [0.1, 0.15) is 0 Å². The van der Waals surface area contributed by atoms with Gasteiger partial charge >= 0.3 is 0 Å². The zero-order valence-corrected chi connectivity index (χ0v) is 6.18. The first-order valence-corrected chi connectivity index (χ1v) is 2.82. The van der Waals surface area contributed by atoms with Crippen LogP contribution in [0.25, 0.3) is 0 Å². The van der Waals surface area contributed by atoms with E-state index in [-0.39, 0.29) is 5.78 Å². The van der Waals surface area contributed by atoms with Gasteiger partial charge in [-0.2, -0.15) is 0 Å². The summed E-state index contributed by atoms with van der Waals surface area (Å²) >= 11 is 0. The molecule has 56 valence electrons. The summed E-state index contributed by atoms with van der Waals surface area (Å²) in [6.07, 6.45) is 2.61. The second-order valence-corrected chi connectivity index (χ2v) is 1.63. The number of methoxy groups -OCH3 is 1. The van der Waals surface area contributed by atoms with Gasteiger partial charge in [-0.1, -0.05) is 6.58 Å². The van der Waals surface area contributed by atoms with E-state index in [0.717, 1.165) is 0 Å². The molecule has 0 amide bonds. The molecule has 0 aromatic heterocycles. The maximum absolute atomic E-state index is 10.8. The summed E-state index contributed by atoms with van der Waals surface area (Å²) in [5.74, 6) is -0.177. The Hall–Kier alpha value is -1.25. The van der Waals surface area contributed by atoms with Gasteiger partial charge in [0.25, 0.3) is 0 Å². The maximum Gasteiger partial charge on any atom is 0.204 e. The van der Waals surface area contributed by atoms with Gasteiger partial charge in [-0.3, -0.25) is 4.79 Å². The van der Waals surface area contributed by atoms with Crippen molar-refractivity contribution in [2.24, 2.45) is 0 Å². The molecule has 0 rings (SSSR count). The minimum absolute atomic E-state index is 0.177. The zero-order valence-electron chi connectivity index (χ0n) is 6.18. The number of carbonyl (C=O) groups is 1. The second kappa shape index (κ2) is 4.61. The Morgan fingerprint density at radius 1 is 1.70 bits per heavy atom. The van der Waals surface area contributed by atoms with Gasteiger partial charge < -0.3 is 10.1 Å². The highest BCUT2D eigenvalue weighted by Gasteiger charge is 1.97. The molecular formula is C7H11NO2. The van der Waals surface area contributed by atoms with Crippen LogP contribution in [-0.2, 0) is 9.53 Å². The van der Waals surface area contributed by atoms with Crippen LogP contribution in [0.5, 0.6) is 0 Å². The van der Waals surface area contributed by atoms with Crippen molar-refractivity contribution in [3.63, 3.8) is 0 Å². The van der Waals surface area contributed by atoms with Crippen LogP contribution in [0, 0.1) is 0 Å². The number of carbonyl (C=O) groups excluding carboxylic acids is 1. The third-order valence-electron chi connectivity index (χ3n) is 0.955. The van der Waals surface area contributed by atoms with Crippen LogP contribution < -0.4 is 5.32 Å². The first kappa shape index (κ1) is 8.75. The van der Waals surface area contributed by atoms with Crippen molar-refractivity contribution in [1.29, 1.82) is 0 Å². The molecule has 3 nitrogen and oxygen atoms in total. The molecule has 3 heteroatoms. The number of hydrogen-bond donors (Lipinski definition) is 1. The standard InChI is InChI=1S/C7H11NO2/c1-6(8-2)7(9)4-5-10-3/h4-5,8H,1H2,2-3H3/b5-4+. The van der Waals surface area contributed by atoms with Gasteiger partial charge in [-0.05, 0) is 0 Å². The van der Waals surface area contributed by atoms with Crippen molar-refractivity contribution in [2.75, 3.05) is 14.2 Å². The molecule has 0 saturated heterocycles. The molecule has 0 bridgehead atoms. The summed E-state index contributed by atoms with van der Waals surface area (Å²) in [4.78, 5) is 10.8. The highest BCUT2D eigenvalue weighted by molar-refractivity contribution is 6.02. The molecule has 0 fully saturated rings. The van der Waals surface area contributed by atoms with Gasteiger partial charge in [0.2, 0.25) is 5.78 Å². The predicted molar refractivity (Wildman–Crippen MR) is 39.4 cm³/mol. The Balaban J connectivity index is 3.85. The molecule has 0 radical (unpaired) electrons. The Morgan fingerprint density at radius 2 is 2.30 bits per heavy atom. The van der Waals surface area contributed by atoms with E-state index in [4.69, 9.17) is 0 Å². The van der Waals surface area contributed by atoms with Crippen LogP contribution in [-0.4, -0.2) is 19.9 Å². The maximum atomic E-state index is 10.8. The monoisotopic (exact) mass is 141 g/mol. The quantitative estimate of drug-likeness (QED) is 0.456. The van der Waals surface area contributed by atoms with Crippen LogP contribution in [0.15, 0.2) is 24.6 Å². The normalized spacial score (nSPS) is 9.40. The van der Waals surface area contributed by atoms with Crippen LogP contribution in [0.3, 0.4) is 0 Å². The lowest BCUT2D eigenvalue weighted by Gasteiger charge is -1.96. The molecule has 0 unspecified atom stereocenters. The van der Waals surface area contributed by atoms with E-state index in [9.17, 15) is 4.79 Å². The van der Waals surface area contributed by atoms with E-state index >= 15 is 0 Å². The second-order valence-electron chi connectivity index (χ2n) is 1.63. The summed E-state index contributed by atoms with van der Waals surface area (Å²) < 4.78 is 4.54. The van der Waals surface area contributed by atoms with Crippen LogP contribution >= 0.6 is 0 Å². The first-order valence-electron chi connectivity index (χ1n) is 2.82. The van der Waals surface area contributed by atoms with Crippen LogP contribution in [0.4, 0.5) is 0 Å². The van der Waals surface area contributed by atoms with Gasteiger partial charge in [0.15, 0.2) is 0 Å². The van der Waals surface area contributed by atoms with Crippen molar-refractivity contribution in [3.8, 4) is 0 Å². The summed E-state index contributed by atoms with van der Waals surface area (Å²) in [7, 11) is 3.12. The minimum atomic E-state index is -0.177. The largest absolute Gasteiger partial charge is 0.504 e. The molecule has 0 aliphatic carbocycles. The predicted octanol–water partition coefficient (Wildman–Crippen LogP) is 0.449. The van der Waals surface area contributed by atoms with Crippen LogP contribution in [0.2, 0.25) is 0 Å². The topological polar surface area (TPSA) is 38.3 Å². The molecule has 0 spiro atoms. The van der Waals surface area contributed by atoms with E-state index in [1.54, 1.807) is 7.05 Å². The summed E-state index contributed by atoms with van der Waals surface area (Å²) in [5.41, 5.74) is 0.355. The molecular weight excluding hydrogens is 130 g/mol. The average Bonchev–Trinajstić information content (AvgIpc) is 1.98. The number of ether oxygens (including phenoxy) is 1. The Morgan fingerprint density at radius 3 is 2.70 bits per heavy atom. The Labute approximate surface area is 60.4 Å². The minimum Gasteiger partial charge on any atom is -0.504 e. The third-order valence-corrected chi connectivity index (χ3v) is 0.955. The van der Waals surface area contributed by atoms with E-state index in [2.05, 4.69) is 16.6 Å². The van der Waals surface area contributed by atoms with E-state index in [1.165, 1.54) is 19.4 Å². The Kier molecular flexibility index (Phi) is 4.04. The van der Waals surface area contributed by atoms with Crippen molar-refractivity contribution in [1.82, 2.24) is 5.32 Å². The van der Waals surface area contributed by atoms with Gasteiger partial charge in [-0.15, -0.1) is 0 Å². The molecule has 0 aliphatic heterocycles. The van der Waals surface area contributed by atoms with E-state index in [1.807, 2.05) is 0 Å². The fraction of sp³-hybridized carbons (Fsp3) is 0.286. The zero-order chi connectivity index (χ0) is 7.98. The van der Waals surface area contributed by atoms with Gasteiger partial charge in [0.05, 0.1) is 19.1 Å². The van der Waals surface area contributed by atoms with Gasteiger partial charge in [0, 0.05) is 13.1 Å². The average molecular weight is 141 g/mol. The molecule has 10 heavy (non-hydrogen) atoms. The Bertz CT molecular complexity index is 161. The number of likely N-dealkylation sites (N-methyl/N-ethyl adjacent to an activating group) is 1. The highest BCUT2D eigenvalue weighted by atomic mass is 16.5. The summed E-state index contributed by atoms with van der Waals surface area (Å²) in [5, 5.41) is 2.62. The SMILES string of the molecule is C=C(NC)C(=O)/C=C/OC. The lowest BCUT2D eigenvalue weighted by molar-refractivity contribution is -0.111. The van der Waals surface area contributed by atoms with Crippen molar-refractivity contribution >= 4 is 5.78 Å². The smallest absolute Gasteiger partial charge is 0.204 e. The van der Waals surface area contributed by atoms with Crippen molar-refractivity contribution in [3.05, 3.63) is 24.6 Å². The number of ketones is 1. The molecule has 0 atom stereocenters. The lowest BCUT2D eigenvalue weighted by atomic mass is 10.3. The molecule has 0 aliphatic rings. The van der Waals surface area contributed by atoms with E-state index < -0.39 is 0 Å². The molecule has 1 N–H and O–H groups in total. The van der Waals surface area contributed by atoms with Crippen molar-refractivity contribution in [2.45, 2.75) is 0 Å². The third kappa shape index (κ3) is 2.91. The number of allylic oxidation sites excluding steroid dienone is 1. The first-order chi connectivity index (χ1) is 4.72. The lowest BCUT2D eigenvalue weighted by Crippen LogP contribution is -2.12. The fourth-order valence-corrected chi connectivity index (χ4v) is 0.354. The number of rotatable bonds is 4. The summed E-state index contributed by atoms with van der Waals surface area (Å²) in [6, 6.07) is 0. The number of nitrogens with one attached hydrogen (secondary N) is 1. The molecule has 0 aromatic rings. The van der Waals surface area contributed by atoms with E-state index in [0.29, 0.717) is 5.70 Å².